The van der Waals surface area contributed by atoms with Crippen molar-refractivity contribution in [2.75, 3.05) is 36.5 Å². The number of pyridine rings is 1. The van der Waals surface area contributed by atoms with Crippen molar-refractivity contribution in [1.82, 2.24) is 9.88 Å². The fraction of sp³-hybridized carbons (Fsp3) is 0.613. The quantitative estimate of drug-likeness (QED) is 0.365. The van der Waals surface area contributed by atoms with E-state index in [1.807, 2.05) is 6.07 Å². The molecule has 1 aromatic carbocycles. The minimum absolute atomic E-state index is 0.00282. The van der Waals surface area contributed by atoms with Crippen LogP contribution in [0, 0.1) is 23.2 Å². The second-order valence-electron chi connectivity index (χ2n) is 13.3. The molecule has 3 amide bonds. The van der Waals surface area contributed by atoms with Gasteiger partial charge in [-0.15, -0.1) is 0 Å². The molecule has 0 aliphatic heterocycles. The monoisotopic (exact) mass is 566 g/mol. The summed E-state index contributed by atoms with van der Waals surface area (Å²) in [6.45, 7) is 4.91. The van der Waals surface area contributed by atoms with Crippen molar-refractivity contribution < 1.29 is 29.3 Å². The van der Waals surface area contributed by atoms with Gasteiger partial charge in [-0.2, -0.15) is 0 Å². The van der Waals surface area contributed by atoms with Crippen molar-refractivity contribution in [2.24, 2.45) is 23.2 Å². The molecule has 1 aromatic heterocycles. The second kappa shape index (κ2) is 11.5. The largest absolute Gasteiger partial charge is 0.465 e. The summed E-state index contributed by atoms with van der Waals surface area (Å²) in [6.07, 6.45) is 7.71. The molecule has 0 unspecified atom stereocenters. The van der Waals surface area contributed by atoms with Crippen molar-refractivity contribution in [3.05, 3.63) is 30.5 Å². The van der Waals surface area contributed by atoms with Crippen molar-refractivity contribution in [3.63, 3.8) is 0 Å². The van der Waals surface area contributed by atoms with Crippen molar-refractivity contribution in [1.29, 1.82) is 0 Å². The summed E-state index contributed by atoms with van der Waals surface area (Å²) in [6, 6.07) is 6.96. The summed E-state index contributed by atoms with van der Waals surface area (Å²) >= 11 is 0. The highest BCUT2D eigenvalue weighted by Gasteiger charge is 2.51. The second-order valence-corrected chi connectivity index (χ2v) is 13.3. The van der Waals surface area contributed by atoms with E-state index in [-0.39, 0.29) is 37.6 Å². The van der Waals surface area contributed by atoms with Crippen molar-refractivity contribution in [2.45, 2.75) is 71.3 Å². The zero-order valence-electron chi connectivity index (χ0n) is 24.3. The number of aromatic nitrogens is 1. The SMILES string of the molecule is CC(C)(C)OC(=O)N(CCO)CCN(C(=O)O)c1ccc(NC(=O)CC23CC4CC(CC(C4)C2)C3)c2cccnc12. The van der Waals surface area contributed by atoms with Crippen LogP contribution in [-0.4, -0.2) is 70.0 Å². The lowest BCUT2D eigenvalue weighted by Crippen LogP contribution is -2.47. The van der Waals surface area contributed by atoms with Gasteiger partial charge in [0, 0.05) is 37.6 Å². The fourth-order valence-electron chi connectivity index (χ4n) is 7.81. The number of fused-ring (bicyclic) bond motifs is 1. The van der Waals surface area contributed by atoms with Crippen LogP contribution in [0.15, 0.2) is 30.5 Å². The molecule has 4 bridgehead atoms. The van der Waals surface area contributed by atoms with Crippen LogP contribution in [0.5, 0.6) is 0 Å². The van der Waals surface area contributed by atoms with Gasteiger partial charge in [0.15, 0.2) is 0 Å². The summed E-state index contributed by atoms with van der Waals surface area (Å²) in [5, 5.41) is 23.3. The highest BCUT2D eigenvalue weighted by atomic mass is 16.6. The maximum Gasteiger partial charge on any atom is 0.411 e. The van der Waals surface area contributed by atoms with Gasteiger partial charge in [-0.25, -0.2) is 9.59 Å². The number of carboxylic acid groups (broad SMARTS) is 1. The van der Waals surface area contributed by atoms with Crippen LogP contribution < -0.4 is 10.2 Å². The molecule has 4 aliphatic carbocycles. The Labute approximate surface area is 241 Å². The van der Waals surface area contributed by atoms with E-state index < -0.39 is 17.8 Å². The van der Waals surface area contributed by atoms with Crippen LogP contribution >= 0.6 is 0 Å². The number of carbonyl (C=O) groups excluding carboxylic acids is 2. The molecule has 6 rings (SSSR count). The molecule has 222 valence electrons. The first-order chi connectivity index (χ1) is 19.4. The van der Waals surface area contributed by atoms with Gasteiger partial charge in [-0.3, -0.25) is 14.7 Å². The number of hydrogen-bond donors (Lipinski definition) is 3. The Morgan fingerprint density at radius 1 is 1.02 bits per heavy atom. The number of aliphatic hydroxyl groups is 1. The Bertz CT molecular complexity index is 1270. The van der Waals surface area contributed by atoms with E-state index in [0.717, 1.165) is 41.9 Å². The number of nitrogens with zero attached hydrogens (tertiary/aromatic N) is 3. The van der Waals surface area contributed by atoms with Crippen LogP contribution in [-0.2, 0) is 9.53 Å². The summed E-state index contributed by atoms with van der Waals surface area (Å²) in [5.41, 5.74) is 0.774. The van der Waals surface area contributed by atoms with E-state index in [9.17, 15) is 24.6 Å². The molecule has 3 N–H and O–H groups in total. The van der Waals surface area contributed by atoms with Gasteiger partial charge in [0.2, 0.25) is 5.91 Å². The molecular weight excluding hydrogens is 524 g/mol. The van der Waals surface area contributed by atoms with E-state index in [0.29, 0.717) is 28.7 Å². The average Bonchev–Trinajstić information content (AvgIpc) is 2.86. The molecule has 10 nitrogen and oxygen atoms in total. The van der Waals surface area contributed by atoms with E-state index in [4.69, 9.17) is 4.74 Å². The van der Waals surface area contributed by atoms with Gasteiger partial charge in [-0.05, 0) is 107 Å². The first-order valence-corrected chi connectivity index (χ1v) is 14.7. The Morgan fingerprint density at radius 3 is 2.27 bits per heavy atom. The summed E-state index contributed by atoms with van der Waals surface area (Å²) < 4.78 is 5.42. The van der Waals surface area contributed by atoms with Gasteiger partial charge in [0.05, 0.1) is 23.5 Å². The number of aliphatic hydroxyl groups excluding tert-OH is 1. The third-order valence-electron chi connectivity index (χ3n) is 8.86. The standard InChI is InChI=1S/C31H42N4O6/c1-30(2,3)41-29(40)34(11-12-36)9-10-35(28(38)39)25-7-6-24(23-5-4-8-32-27(23)25)33-26(37)19-31-16-20-13-21(17-31)15-22(14-20)18-31/h4-8,20-22,36H,9-19H2,1-3H3,(H,33,37)(H,38,39). The number of ether oxygens (including phenoxy) is 1. The lowest BCUT2D eigenvalue weighted by Gasteiger charge is -2.56. The average molecular weight is 567 g/mol. The van der Waals surface area contributed by atoms with Crippen LogP contribution in [0.1, 0.15) is 65.7 Å². The number of rotatable bonds is 9. The maximum atomic E-state index is 13.4. The number of benzene rings is 1. The smallest absolute Gasteiger partial charge is 0.411 e. The molecule has 0 atom stereocenters. The van der Waals surface area contributed by atoms with Crippen LogP contribution in [0.3, 0.4) is 0 Å². The topological polar surface area (TPSA) is 132 Å². The molecule has 4 saturated carbocycles. The summed E-state index contributed by atoms with van der Waals surface area (Å²) in [7, 11) is 0. The molecular formula is C31H42N4O6. The van der Waals surface area contributed by atoms with Crippen LogP contribution in [0.2, 0.25) is 0 Å². The zero-order valence-corrected chi connectivity index (χ0v) is 24.3. The molecule has 2 aromatic rings. The highest BCUT2D eigenvalue weighted by Crippen LogP contribution is 2.61. The third kappa shape index (κ3) is 6.58. The first-order valence-electron chi connectivity index (χ1n) is 14.7. The van der Waals surface area contributed by atoms with Gasteiger partial charge >= 0.3 is 12.2 Å². The van der Waals surface area contributed by atoms with Crippen LogP contribution in [0.25, 0.3) is 10.9 Å². The predicted molar refractivity (Wildman–Crippen MR) is 156 cm³/mol. The molecule has 0 spiro atoms. The van der Waals surface area contributed by atoms with E-state index in [2.05, 4.69) is 10.3 Å². The molecule has 41 heavy (non-hydrogen) atoms. The lowest BCUT2D eigenvalue weighted by molar-refractivity contribution is -0.124. The minimum atomic E-state index is -1.20. The zero-order chi connectivity index (χ0) is 29.4. The molecule has 4 aliphatic rings. The van der Waals surface area contributed by atoms with Gasteiger partial charge in [0.25, 0.3) is 0 Å². The number of amides is 3. The third-order valence-corrected chi connectivity index (χ3v) is 8.86. The molecule has 4 fully saturated rings. The van der Waals surface area contributed by atoms with E-state index >= 15 is 0 Å². The van der Waals surface area contributed by atoms with Gasteiger partial charge < -0.3 is 25.2 Å². The fourth-order valence-corrected chi connectivity index (χ4v) is 7.81. The summed E-state index contributed by atoms with van der Waals surface area (Å²) in [4.78, 5) is 45.3. The Morgan fingerprint density at radius 2 is 1.68 bits per heavy atom. The first kappa shape index (κ1) is 29.1. The molecule has 1 heterocycles. The molecule has 0 radical (unpaired) electrons. The number of hydrogen-bond acceptors (Lipinski definition) is 6. The van der Waals surface area contributed by atoms with E-state index in [1.54, 1.807) is 45.2 Å². The Kier molecular flexibility index (Phi) is 8.14. The number of anilines is 2. The normalized spacial score (nSPS) is 24.7. The maximum absolute atomic E-state index is 13.4. The summed E-state index contributed by atoms with van der Waals surface area (Å²) in [5.74, 6) is 2.30. The predicted octanol–water partition coefficient (Wildman–Crippen LogP) is 5.49. The number of nitrogens with one attached hydrogen (secondary N) is 1. The van der Waals surface area contributed by atoms with Crippen LogP contribution in [0.4, 0.5) is 21.0 Å². The number of carbonyl (C=O) groups is 3. The van der Waals surface area contributed by atoms with Crippen molar-refractivity contribution >= 4 is 40.4 Å². The lowest BCUT2D eigenvalue weighted by atomic mass is 9.49. The van der Waals surface area contributed by atoms with E-state index in [1.165, 1.54) is 24.2 Å². The van der Waals surface area contributed by atoms with Gasteiger partial charge in [-0.1, -0.05) is 0 Å². The van der Waals surface area contributed by atoms with Gasteiger partial charge in [0.1, 0.15) is 5.60 Å². The Hall–Kier alpha value is -3.40. The molecule has 0 saturated heterocycles. The van der Waals surface area contributed by atoms with Crippen molar-refractivity contribution in [3.8, 4) is 0 Å². The highest BCUT2D eigenvalue weighted by molar-refractivity contribution is 6.07. The Balaban J connectivity index is 1.33. The molecule has 10 heteroatoms. The minimum Gasteiger partial charge on any atom is -0.465 e.